The molecule has 0 aliphatic rings. The first-order valence-electron chi connectivity index (χ1n) is 4.58. The van der Waals surface area contributed by atoms with Gasteiger partial charge < -0.3 is 9.84 Å². The molecule has 0 radical (unpaired) electrons. The summed E-state index contributed by atoms with van der Waals surface area (Å²) in [6.07, 6.45) is 1.53. The number of carbonyl (C=O) groups is 1. The van der Waals surface area contributed by atoms with E-state index in [0.29, 0.717) is 0 Å². The summed E-state index contributed by atoms with van der Waals surface area (Å²) >= 11 is 0. The van der Waals surface area contributed by atoms with Crippen LogP contribution in [0.2, 0.25) is 0 Å². The maximum atomic E-state index is 10.3. The smallest absolute Gasteiger partial charge is 0.341 e. The topological polar surface area (TPSA) is 77.2 Å². The van der Waals surface area contributed by atoms with E-state index in [2.05, 4.69) is 10.3 Å². The van der Waals surface area contributed by atoms with E-state index in [1.165, 1.54) is 10.9 Å². The van der Waals surface area contributed by atoms with Gasteiger partial charge in [-0.05, 0) is 12.1 Å². The molecule has 82 valence electrons. The van der Waals surface area contributed by atoms with Crippen molar-refractivity contribution in [3.05, 3.63) is 36.5 Å². The molecule has 2 aromatic rings. The molecule has 0 fully saturated rings. The molecule has 0 bridgehead atoms. The molecule has 2 rings (SSSR count). The number of ether oxygens (including phenoxy) is 1. The molecule has 0 spiro atoms. The van der Waals surface area contributed by atoms with Gasteiger partial charge in [0.15, 0.2) is 6.61 Å². The van der Waals surface area contributed by atoms with Gasteiger partial charge in [0.05, 0.1) is 11.9 Å². The number of aromatic nitrogens is 3. The lowest BCUT2D eigenvalue weighted by molar-refractivity contribution is -0.139. The van der Waals surface area contributed by atoms with Crippen LogP contribution in [0.5, 0.6) is 5.88 Å². The summed E-state index contributed by atoms with van der Waals surface area (Å²) in [5.41, 5.74) is 0.833. The number of para-hydroxylation sites is 1. The second-order valence-corrected chi connectivity index (χ2v) is 3.02. The zero-order valence-electron chi connectivity index (χ0n) is 8.28. The van der Waals surface area contributed by atoms with Crippen LogP contribution in [0.25, 0.3) is 5.69 Å². The third-order valence-electron chi connectivity index (χ3n) is 1.84. The molecule has 0 aliphatic carbocycles. The van der Waals surface area contributed by atoms with Gasteiger partial charge in [0.1, 0.15) is 0 Å². The van der Waals surface area contributed by atoms with E-state index in [1.54, 1.807) is 0 Å². The van der Waals surface area contributed by atoms with Gasteiger partial charge in [-0.2, -0.15) is 0 Å². The van der Waals surface area contributed by atoms with Gasteiger partial charge in [0, 0.05) is 0 Å². The van der Waals surface area contributed by atoms with E-state index in [9.17, 15) is 4.79 Å². The quantitative estimate of drug-likeness (QED) is 0.820. The molecule has 0 unspecified atom stereocenters. The van der Waals surface area contributed by atoms with Crippen LogP contribution in [0.3, 0.4) is 0 Å². The van der Waals surface area contributed by atoms with Crippen LogP contribution >= 0.6 is 0 Å². The summed E-state index contributed by atoms with van der Waals surface area (Å²) in [5, 5.41) is 15.9. The molecular formula is C10H9N3O3. The minimum atomic E-state index is -1.05. The van der Waals surface area contributed by atoms with Gasteiger partial charge in [0.25, 0.3) is 5.88 Å². The van der Waals surface area contributed by atoms with Crippen molar-refractivity contribution < 1.29 is 14.6 Å². The number of hydrogen-bond acceptors (Lipinski definition) is 4. The largest absolute Gasteiger partial charge is 0.479 e. The minimum Gasteiger partial charge on any atom is -0.479 e. The highest BCUT2D eigenvalue weighted by atomic mass is 16.5. The molecule has 16 heavy (non-hydrogen) atoms. The van der Waals surface area contributed by atoms with Crippen LogP contribution in [0, 0.1) is 0 Å². The van der Waals surface area contributed by atoms with Crippen molar-refractivity contribution in [1.29, 1.82) is 0 Å². The first-order valence-corrected chi connectivity index (χ1v) is 4.58. The fourth-order valence-corrected chi connectivity index (χ4v) is 1.16. The average Bonchev–Trinajstić information content (AvgIpc) is 2.76. The Morgan fingerprint density at radius 3 is 2.81 bits per heavy atom. The first-order chi connectivity index (χ1) is 7.75. The standard InChI is InChI=1S/C10H9N3O3/c14-10(15)7-16-9-6-13(12-11-9)8-4-2-1-3-5-8/h1-6H,7H2,(H,14,15). The molecule has 0 aliphatic heterocycles. The average molecular weight is 219 g/mol. The molecule has 1 heterocycles. The van der Waals surface area contributed by atoms with Crippen LogP contribution < -0.4 is 4.74 Å². The predicted molar refractivity (Wildman–Crippen MR) is 54.5 cm³/mol. The Hall–Kier alpha value is -2.37. The predicted octanol–water partition coefficient (Wildman–Crippen LogP) is 0.731. The minimum absolute atomic E-state index is 0.186. The molecule has 6 nitrogen and oxygen atoms in total. The third kappa shape index (κ3) is 2.35. The van der Waals surface area contributed by atoms with Crippen LogP contribution in [-0.4, -0.2) is 32.7 Å². The normalized spacial score (nSPS) is 10.0. The number of carboxylic acid groups (broad SMARTS) is 1. The van der Waals surface area contributed by atoms with E-state index in [0.717, 1.165) is 5.69 Å². The Bertz CT molecular complexity index is 481. The van der Waals surface area contributed by atoms with Crippen LogP contribution in [0.4, 0.5) is 0 Å². The van der Waals surface area contributed by atoms with Crippen LogP contribution in [-0.2, 0) is 4.79 Å². The Labute approximate surface area is 91.1 Å². The zero-order chi connectivity index (χ0) is 11.4. The van der Waals surface area contributed by atoms with E-state index in [1.807, 2.05) is 30.3 Å². The highest BCUT2D eigenvalue weighted by Crippen LogP contribution is 2.09. The highest BCUT2D eigenvalue weighted by molar-refractivity contribution is 5.68. The summed E-state index contributed by atoms with van der Waals surface area (Å²) < 4.78 is 6.39. The number of aliphatic carboxylic acids is 1. The Balaban J connectivity index is 2.11. The van der Waals surface area contributed by atoms with E-state index >= 15 is 0 Å². The molecule has 1 N–H and O–H groups in total. The highest BCUT2D eigenvalue weighted by Gasteiger charge is 2.04. The van der Waals surface area contributed by atoms with Gasteiger partial charge in [-0.1, -0.05) is 28.5 Å². The molecule has 0 saturated heterocycles. The maximum absolute atomic E-state index is 10.3. The lowest BCUT2D eigenvalue weighted by Gasteiger charge is -1.97. The van der Waals surface area contributed by atoms with Gasteiger partial charge in [-0.15, -0.1) is 0 Å². The van der Waals surface area contributed by atoms with Crippen LogP contribution in [0.15, 0.2) is 36.5 Å². The van der Waals surface area contributed by atoms with Crippen LogP contribution in [0.1, 0.15) is 0 Å². The second kappa shape index (κ2) is 4.43. The summed E-state index contributed by atoms with van der Waals surface area (Å²) in [5.74, 6) is -0.861. The van der Waals surface area contributed by atoms with Gasteiger partial charge in [0.2, 0.25) is 0 Å². The zero-order valence-corrected chi connectivity index (χ0v) is 8.28. The Kier molecular flexibility index (Phi) is 2.81. The van der Waals surface area contributed by atoms with Gasteiger partial charge >= 0.3 is 5.97 Å². The fourth-order valence-electron chi connectivity index (χ4n) is 1.16. The van der Waals surface area contributed by atoms with Crippen molar-refractivity contribution in [2.24, 2.45) is 0 Å². The van der Waals surface area contributed by atoms with Crippen molar-refractivity contribution in [3.8, 4) is 11.6 Å². The van der Waals surface area contributed by atoms with Gasteiger partial charge in [-0.3, -0.25) is 0 Å². The number of carboxylic acids is 1. The summed E-state index contributed by atoms with van der Waals surface area (Å²) in [4.78, 5) is 10.3. The summed E-state index contributed by atoms with van der Waals surface area (Å²) in [7, 11) is 0. The van der Waals surface area contributed by atoms with E-state index in [4.69, 9.17) is 9.84 Å². The monoisotopic (exact) mass is 219 g/mol. The first kappa shape index (κ1) is 10.2. The van der Waals surface area contributed by atoms with Crippen molar-refractivity contribution in [3.63, 3.8) is 0 Å². The number of rotatable bonds is 4. The number of hydrogen-bond donors (Lipinski definition) is 1. The Morgan fingerprint density at radius 1 is 1.38 bits per heavy atom. The summed E-state index contributed by atoms with van der Waals surface area (Å²) in [6, 6.07) is 9.34. The maximum Gasteiger partial charge on any atom is 0.341 e. The molecule has 1 aromatic carbocycles. The molecule has 0 saturated carbocycles. The Morgan fingerprint density at radius 2 is 2.12 bits per heavy atom. The summed E-state index contributed by atoms with van der Waals surface area (Å²) in [6.45, 7) is -0.423. The van der Waals surface area contributed by atoms with Crippen molar-refractivity contribution in [2.75, 3.05) is 6.61 Å². The molecule has 1 aromatic heterocycles. The molecule has 0 amide bonds. The van der Waals surface area contributed by atoms with Gasteiger partial charge in [-0.25, -0.2) is 9.48 Å². The van der Waals surface area contributed by atoms with Crippen molar-refractivity contribution in [1.82, 2.24) is 15.0 Å². The SMILES string of the molecule is O=C(O)COc1cn(-c2ccccc2)nn1. The lowest BCUT2D eigenvalue weighted by Crippen LogP contribution is -2.09. The van der Waals surface area contributed by atoms with E-state index < -0.39 is 12.6 Å². The van der Waals surface area contributed by atoms with E-state index in [-0.39, 0.29) is 5.88 Å². The van der Waals surface area contributed by atoms with Crippen molar-refractivity contribution >= 4 is 5.97 Å². The molecule has 6 heteroatoms. The van der Waals surface area contributed by atoms with Crippen molar-refractivity contribution in [2.45, 2.75) is 0 Å². The molecule has 0 atom stereocenters. The molecular weight excluding hydrogens is 210 g/mol. The fraction of sp³-hybridized carbons (Fsp3) is 0.100. The number of nitrogens with zero attached hydrogens (tertiary/aromatic N) is 3. The third-order valence-corrected chi connectivity index (χ3v) is 1.84. The number of benzene rings is 1. The lowest BCUT2D eigenvalue weighted by atomic mass is 10.3. The second-order valence-electron chi connectivity index (χ2n) is 3.02.